The van der Waals surface area contributed by atoms with E-state index < -0.39 is 32.8 Å². The van der Waals surface area contributed by atoms with Crippen LogP contribution in [0.15, 0.2) is 18.2 Å². The fourth-order valence-electron chi connectivity index (χ4n) is 1.68. The minimum atomic E-state index is -3.32. The minimum Gasteiger partial charge on any atom is -0.323 e. The van der Waals surface area contributed by atoms with Crippen LogP contribution in [0.2, 0.25) is 0 Å². The Labute approximate surface area is 106 Å². The van der Waals surface area contributed by atoms with E-state index in [1.165, 1.54) is 13.0 Å². The first-order valence-corrected chi connectivity index (χ1v) is 7.43. The number of hydrogen-bond acceptors (Lipinski definition) is 3. The van der Waals surface area contributed by atoms with E-state index in [0.717, 1.165) is 12.1 Å². The van der Waals surface area contributed by atoms with Gasteiger partial charge in [0.05, 0.1) is 11.0 Å². The predicted octanol–water partition coefficient (Wildman–Crippen LogP) is 2.18. The number of nitrogens with two attached hydrogens (primary N) is 1. The maximum absolute atomic E-state index is 13.1. The summed E-state index contributed by atoms with van der Waals surface area (Å²) < 4.78 is 49.6. The zero-order valence-corrected chi connectivity index (χ0v) is 11.2. The van der Waals surface area contributed by atoms with Crippen LogP contribution in [0.25, 0.3) is 0 Å². The molecule has 0 radical (unpaired) electrons. The number of sulfone groups is 1. The summed E-state index contributed by atoms with van der Waals surface area (Å²) in [6, 6.07) is 2.33. The standard InChI is InChI=1S/C12H17F2NO2S/c1-3-6-18(16,17)8(2)12(15)9-4-5-10(13)11(14)7-9/h4-5,7-8,12H,3,6,15H2,1-2H3. The SMILES string of the molecule is CCCS(=O)(=O)C(C)C(N)c1ccc(F)c(F)c1. The third-order valence-electron chi connectivity index (χ3n) is 2.89. The Bertz CT molecular complexity index is 517. The van der Waals surface area contributed by atoms with E-state index >= 15 is 0 Å². The molecule has 6 heteroatoms. The molecule has 2 N–H and O–H groups in total. The van der Waals surface area contributed by atoms with E-state index in [1.54, 1.807) is 6.92 Å². The summed E-state index contributed by atoms with van der Waals surface area (Å²) in [5.41, 5.74) is 6.08. The highest BCUT2D eigenvalue weighted by atomic mass is 32.2. The van der Waals surface area contributed by atoms with Gasteiger partial charge in [-0.05, 0) is 31.0 Å². The molecule has 0 spiro atoms. The van der Waals surface area contributed by atoms with Crippen molar-refractivity contribution in [2.45, 2.75) is 31.6 Å². The van der Waals surface area contributed by atoms with Gasteiger partial charge >= 0.3 is 0 Å². The maximum atomic E-state index is 13.1. The summed E-state index contributed by atoms with van der Waals surface area (Å²) in [5, 5.41) is -0.831. The molecule has 18 heavy (non-hydrogen) atoms. The zero-order valence-electron chi connectivity index (χ0n) is 10.4. The van der Waals surface area contributed by atoms with Crippen LogP contribution in [-0.2, 0) is 9.84 Å². The van der Waals surface area contributed by atoms with Gasteiger partial charge in [0, 0.05) is 6.04 Å². The highest BCUT2D eigenvalue weighted by Crippen LogP contribution is 2.22. The molecule has 1 aromatic carbocycles. The second-order valence-corrected chi connectivity index (χ2v) is 6.75. The summed E-state index contributed by atoms with van der Waals surface area (Å²) in [5.74, 6) is -1.97. The molecule has 102 valence electrons. The number of halogens is 2. The summed E-state index contributed by atoms with van der Waals surface area (Å²) in [4.78, 5) is 0. The second-order valence-electron chi connectivity index (χ2n) is 4.27. The van der Waals surface area contributed by atoms with Gasteiger partial charge in [-0.1, -0.05) is 13.0 Å². The van der Waals surface area contributed by atoms with Gasteiger partial charge < -0.3 is 5.73 Å². The van der Waals surface area contributed by atoms with Gasteiger partial charge in [-0.15, -0.1) is 0 Å². The van der Waals surface area contributed by atoms with E-state index in [0.29, 0.717) is 6.42 Å². The molecular formula is C12H17F2NO2S. The molecule has 1 aromatic rings. The van der Waals surface area contributed by atoms with Crippen LogP contribution in [0.1, 0.15) is 31.9 Å². The lowest BCUT2D eigenvalue weighted by Crippen LogP contribution is -2.32. The first kappa shape index (κ1) is 15.0. The van der Waals surface area contributed by atoms with Crippen molar-refractivity contribution >= 4 is 9.84 Å². The molecular weight excluding hydrogens is 260 g/mol. The summed E-state index contributed by atoms with van der Waals surface area (Å²) >= 11 is 0. The van der Waals surface area contributed by atoms with Gasteiger partial charge in [0.15, 0.2) is 21.5 Å². The lowest BCUT2D eigenvalue weighted by Gasteiger charge is -2.20. The summed E-state index contributed by atoms with van der Waals surface area (Å²) in [7, 11) is -3.32. The van der Waals surface area contributed by atoms with E-state index in [1.807, 2.05) is 0 Å². The van der Waals surface area contributed by atoms with Crippen molar-refractivity contribution < 1.29 is 17.2 Å². The third-order valence-corrected chi connectivity index (χ3v) is 5.29. The molecule has 0 aliphatic heterocycles. The topological polar surface area (TPSA) is 60.2 Å². The smallest absolute Gasteiger partial charge is 0.159 e. The van der Waals surface area contributed by atoms with Crippen LogP contribution in [0, 0.1) is 11.6 Å². The zero-order chi connectivity index (χ0) is 13.9. The molecule has 0 saturated heterocycles. The van der Waals surface area contributed by atoms with Crippen molar-refractivity contribution in [3.05, 3.63) is 35.4 Å². The van der Waals surface area contributed by atoms with Gasteiger partial charge in [0.25, 0.3) is 0 Å². The maximum Gasteiger partial charge on any atom is 0.159 e. The molecule has 2 unspecified atom stereocenters. The van der Waals surface area contributed by atoms with Crippen LogP contribution in [0.5, 0.6) is 0 Å². The molecule has 1 rings (SSSR count). The number of hydrogen-bond donors (Lipinski definition) is 1. The fourth-order valence-corrected chi connectivity index (χ4v) is 3.23. The van der Waals surface area contributed by atoms with Crippen LogP contribution >= 0.6 is 0 Å². The molecule has 0 amide bonds. The van der Waals surface area contributed by atoms with Crippen LogP contribution in [0.4, 0.5) is 8.78 Å². The van der Waals surface area contributed by atoms with Crippen molar-refractivity contribution in [1.29, 1.82) is 0 Å². The average Bonchev–Trinajstić information content (AvgIpc) is 2.30. The highest BCUT2D eigenvalue weighted by molar-refractivity contribution is 7.92. The second kappa shape index (κ2) is 5.75. The monoisotopic (exact) mass is 277 g/mol. The van der Waals surface area contributed by atoms with Gasteiger partial charge in [-0.2, -0.15) is 0 Å². The predicted molar refractivity (Wildman–Crippen MR) is 66.8 cm³/mol. The summed E-state index contributed by atoms with van der Waals surface area (Å²) in [6.07, 6.45) is 0.497. The number of benzene rings is 1. The lowest BCUT2D eigenvalue weighted by atomic mass is 10.1. The molecule has 0 heterocycles. The Morgan fingerprint density at radius 1 is 1.28 bits per heavy atom. The summed E-state index contributed by atoms with van der Waals surface area (Å²) in [6.45, 7) is 3.24. The van der Waals surface area contributed by atoms with Crippen molar-refractivity contribution in [1.82, 2.24) is 0 Å². The minimum absolute atomic E-state index is 0.0333. The van der Waals surface area contributed by atoms with E-state index in [9.17, 15) is 17.2 Å². The van der Waals surface area contributed by atoms with Crippen molar-refractivity contribution in [3.8, 4) is 0 Å². The van der Waals surface area contributed by atoms with Crippen molar-refractivity contribution in [2.24, 2.45) is 5.73 Å². The highest BCUT2D eigenvalue weighted by Gasteiger charge is 2.27. The molecule has 0 bridgehead atoms. The Balaban J connectivity index is 2.99. The van der Waals surface area contributed by atoms with Crippen LogP contribution in [0.3, 0.4) is 0 Å². The molecule has 0 fully saturated rings. The normalized spacial score (nSPS) is 15.4. The lowest BCUT2D eigenvalue weighted by molar-refractivity contribution is 0.504. The first-order chi connectivity index (χ1) is 8.29. The third kappa shape index (κ3) is 3.26. The van der Waals surface area contributed by atoms with Crippen molar-refractivity contribution in [3.63, 3.8) is 0 Å². The molecule has 2 atom stereocenters. The van der Waals surface area contributed by atoms with Gasteiger partial charge in [0.2, 0.25) is 0 Å². The Kier molecular flexibility index (Phi) is 4.81. The Morgan fingerprint density at radius 3 is 2.39 bits per heavy atom. The molecule has 0 aliphatic rings. The van der Waals surface area contributed by atoms with Crippen LogP contribution in [-0.4, -0.2) is 19.4 Å². The quantitative estimate of drug-likeness (QED) is 0.897. The molecule has 0 aromatic heterocycles. The molecule has 0 aliphatic carbocycles. The fraction of sp³-hybridized carbons (Fsp3) is 0.500. The van der Waals surface area contributed by atoms with E-state index in [2.05, 4.69) is 0 Å². The molecule has 3 nitrogen and oxygen atoms in total. The van der Waals surface area contributed by atoms with Gasteiger partial charge in [-0.3, -0.25) is 0 Å². The van der Waals surface area contributed by atoms with E-state index in [-0.39, 0.29) is 11.3 Å². The Hall–Kier alpha value is -1.01. The van der Waals surface area contributed by atoms with Crippen LogP contribution < -0.4 is 5.73 Å². The average molecular weight is 277 g/mol. The van der Waals surface area contributed by atoms with Gasteiger partial charge in [-0.25, -0.2) is 17.2 Å². The van der Waals surface area contributed by atoms with Gasteiger partial charge in [0.1, 0.15) is 0 Å². The number of rotatable bonds is 5. The Morgan fingerprint density at radius 2 is 1.89 bits per heavy atom. The van der Waals surface area contributed by atoms with Crippen molar-refractivity contribution in [2.75, 3.05) is 5.75 Å². The molecule has 0 saturated carbocycles. The largest absolute Gasteiger partial charge is 0.323 e. The van der Waals surface area contributed by atoms with E-state index in [4.69, 9.17) is 5.73 Å². The first-order valence-electron chi connectivity index (χ1n) is 5.71.